The summed E-state index contributed by atoms with van der Waals surface area (Å²) < 4.78 is 0. The van der Waals surface area contributed by atoms with E-state index in [2.05, 4.69) is 91.0 Å². The van der Waals surface area contributed by atoms with E-state index in [1.54, 1.807) is 5.92 Å². The van der Waals surface area contributed by atoms with Crippen LogP contribution in [-0.2, 0) is 17.1 Å². The monoisotopic (exact) mass is 555 g/mol. The van der Waals surface area contributed by atoms with Crippen LogP contribution in [0.5, 0.6) is 0 Å². The normalized spacial score (nSPS) is 22.8. The van der Waals surface area contributed by atoms with Crippen molar-refractivity contribution in [1.82, 2.24) is 0 Å². The van der Waals surface area contributed by atoms with Gasteiger partial charge in [-0.25, -0.2) is 0 Å². The van der Waals surface area contributed by atoms with Crippen molar-refractivity contribution in [2.45, 2.75) is 146 Å². The molecule has 1 atom stereocenters. The molecule has 0 aromatic heterocycles. The summed E-state index contributed by atoms with van der Waals surface area (Å²) in [7, 11) is -0.114. The fourth-order valence-corrected chi connectivity index (χ4v) is 16.1. The summed E-state index contributed by atoms with van der Waals surface area (Å²) in [5.41, 5.74) is 2.71. The minimum atomic E-state index is -0.120. The summed E-state index contributed by atoms with van der Waals surface area (Å²) in [6, 6.07) is 0. The second-order valence-corrected chi connectivity index (χ2v) is 19.8. The van der Waals surface area contributed by atoms with Crippen LogP contribution < -0.4 is 0 Å². The maximum Gasteiger partial charge on any atom is 0.0343 e. The zero-order valence-electron chi connectivity index (χ0n) is 23.8. The van der Waals surface area contributed by atoms with Gasteiger partial charge >= 0.3 is 0 Å². The Labute approximate surface area is 232 Å². The van der Waals surface area contributed by atoms with Crippen LogP contribution in [0, 0.1) is 5.92 Å². The summed E-state index contributed by atoms with van der Waals surface area (Å²) >= 11 is 0. The number of hydrogen-bond donors (Lipinski definition) is 0. The van der Waals surface area contributed by atoms with E-state index in [9.17, 15) is 0 Å². The minimum absolute atomic E-state index is 0. The van der Waals surface area contributed by atoms with Gasteiger partial charge in [-0.3, -0.25) is 0 Å². The molecule has 0 aromatic carbocycles. The molecule has 4 aliphatic carbocycles. The Morgan fingerprint density at radius 1 is 0.714 bits per heavy atom. The first-order valence-electron chi connectivity index (χ1n) is 14.3. The van der Waals surface area contributed by atoms with E-state index in [0.717, 1.165) is 17.7 Å². The fraction of sp³-hybridized carbons (Fsp3) is 0.719. The molecule has 1 radical (unpaired) electrons. The van der Waals surface area contributed by atoms with Crippen molar-refractivity contribution in [2.24, 2.45) is 0 Å². The third kappa shape index (κ3) is 8.95. The molecule has 0 aliphatic heterocycles. The Hall–Kier alpha value is 0.339. The third-order valence-electron chi connectivity index (χ3n) is 7.98. The van der Waals surface area contributed by atoms with E-state index < -0.39 is 0 Å². The van der Waals surface area contributed by atoms with E-state index in [1.165, 1.54) is 64.2 Å². The van der Waals surface area contributed by atoms with Crippen molar-refractivity contribution < 1.29 is 17.1 Å². The quantitative estimate of drug-likeness (QED) is 0.234. The molecule has 0 bridgehead atoms. The zero-order valence-corrected chi connectivity index (χ0v) is 26.7. The SMILES string of the molecule is C1=CCC=C1.C[C@@H]([C]1C=CC=C1P(C1CCCCC1)C1CCCCC1)P(C(C)(C)C)C(C)(C)C.[Fe]. The zero-order chi connectivity index (χ0) is 24.8. The maximum absolute atomic E-state index is 2.58. The Balaban J connectivity index is 0.000000640. The molecule has 4 aliphatic rings. The average Bonchev–Trinajstić information content (AvgIpc) is 3.49. The number of allylic oxidation sites excluding steroid dienone is 8. The van der Waals surface area contributed by atoms with Crippen LogP contribution in [0.1, 0.15) is 119 Å². The summed E-state index contributed by atoms with van der Waals surface area (Å²) in [6.07, 6.45) is 32.0. The van der Waals surface area contributed by atoms with Gasteiger partial charge in [-0.05, 0) is 64.7 Å². The average molecular weight is 556 g/mol. The molecule has 35 heavy (non-hydrogen) atoms. The van der Waals surface area contributed by atoms with Crippen LogP contribution in [0.3, 0.4) is 0 Å². The molecule has 199 valence electrons. The van der Waals surface area contributed by atoms with Crippen LogP contribution in [-0.4, -0.2) is 27.3 Å². The van der Waals surface area contributed by atoms with Gasteiger partial charge in [0.25, 0.3) is 0 Å². The van der Waals surface area contributed by atoms with Gasteiger partial charge in [0, 0.05) is 23.0 Å². The Bertz CT molecular complexity index is 695. The van der Waals surface area contributed by atoms with Gasteiger partial charge in [-0.1, -0.05) is 145 Å². The van der Waals surface area contributed by atoms with Gasteiger partial charge in [0.2, 0.25) is 0 Å². The van der Waals surface area contributed by atoms with Crippen molar-refractivity contribution >= 4 is 15.8 Å². The maximum atomic E-state index is 2.58. The Morgan fingerprint density at radius 2 is 1.17 bits per heavy atom. The van der Waals surface area contributed by atoms with E-state index in [1.807, 2.05) is 5.31 Å². The van der Waals surface area contributed by atoms with Crippen LogP contribution in [0.25, 0.3) is 0 Å². The molecule has 3 heteroatoms. The molecule has 2 saturated carbocycles. The van der Waals surface area contributed by atoms with Gasteiger partial charge in [-0.15, -0.1) is 0 Å². The fourth-order valence-electron chi connectivity index (χ4n) is 7.12. The molecule has 0 spiro atoms. The summed E-state index contributed by atoms with van der Waals surface area (Å²) in [6.45, 7) is 17.5. The molecule has 0 N–H and O–H groups in total. The molecule has 0 nitrogen and oxygen atoms in total. The van der Waals surface area contributed by atoms with Crippen molar-refractivity contribution in [3.05, 3.63) is 53.8 Å². The molecule has 0 amide bonds. The van der Waals surface area contributed by atoms with Crippen LogP contribution in [0.2, 0.25) is 0 Å². The van der Waals surface area contributed by atoms with Crippen molar-refractivity contribution in [1.29, 1.82) is 0 Å². The second kappa shape index (κ2) is 14.5. The van der Waals surface area contributed by atoms with E-state index >= 15 is 0 Å². The van der Waals surface area contributed by atoms with E-state index in [4.69, 9.17) is 0 Å². The summed E-state index contributed by atoms with van der Waals surface area (Å²) in [5, 5.41) is 2.62. The van der Waals surface area contributed by atoms with Crippen molar-refractivity contribution in [2.75, 3.05) is 0 Å². The molecule has 4 rings (SSSR count). The summed E-state index contributed by atoms with van der Waals surface area (Å²) in [4.78, 5) is 0. The third-order valence-corrected chi connectivity index (χ3v) is 15.5. The molecule has 0 heterocycles. The van der Waals surface area contributed by atoms with Gasteiger partial charge in [-0.2, -0.15) is 0 Å². The first kappa shape index (κ1) is 31.6. The topological polar surface area (TPSA) is 0 Å². The Morgan fingerprint density at radius 3 is 1.54 bits per heavy atom. The number of rotatable bonds is 5. The smallest absolute Gasteiger partial charge is 0.0343 e. The van der Waals surface area contributed by atoms with E-state index in [0.29, 0.717) is 16.0 Å². The van der Waals surface area contributed by atoms with E-state index in [-0.39, 0.29) is 32.9 Å². The molecule has 0 unspecified atom stereocenters. The second-order valence-electron chi connectivity index (χ2n) is 12.8. The van der Waals surface area contributed by atoms with Crippen LogP contribution >= 0.6 is 15.8 Å². The molecule has 0 aromatic rings. The first-order valence-corrected chi connectivity index (χ1v) is 17.1. The number of hydrogen-bond acceptors (Lipinski definition) is 0. The van der Waals surface area contributed by atoms with Crippen molar-refractivity contribution in [3.63, 3.8) is 0 Å². The predicted molar refractivity (Wildman–Crippen MR) is 160 cm³/mol. The standard InChI is InChI=1S/C27H47P2.C5H6.Fe/c1-21(29(26(2,3)4)27(5,6)7)24-19-14-20-25(24)28(22-15-10-8-11-16-22)23-17-12-9-13-18-23;1-2-4-5-3-1;/h14,19-23H,8-13,15-18H2,1-7H3;1-4H,5H2;/t21-;;/m0../s1. The van der Waals surface area contributed by atoms with Gasteiger partial charge in [0.05, 0.1) is 0 Å². The molecule has 2 fully saturated rings. The Kier molecular flexibility index (Phi) is 13.1. The van der Waals surface area contributed by atoms with Crippen LogP contribution in [0.4, 0.5) is 0 Å². The largest absolute Gasteiger partial charge is 0.0915 e. The predicted octanol–water partition coefficient (Wildman–Crippen LogP) is 11.1. The van der Waals surface area contributed by atoms with Crippen molar-refractivity contribution in [3.8, 4) is 0 Å². The van der Waals surface area contributed by atoms with Gasteiger partial charge < -0.3 is 0 Å². The van der Waals surface area contributed by atoms with Gasteiger partial charge in [0.1, 0.15) is 0 Å². The molecule has 0 saturated heterocycles. The van der Waals surface area contributed by atoms with Crippen LogP contribution in [0.15, 0.2) is 47.8 Å². The minimum Gasteiger partial charge on any atom is -0.0915 e. The molecular weight excluding hydrogens is 502 g/mol. The summed E-state index contributed by atoms with van der Waals surface area (Å²) in [5.74, 6) is 1.75. The molecular formula is C32H53FeP2. The van der Waals surface area contributed by atoms with Gasteiger partial charge in [0.15, 0.2) is 0 Å². The first-order chi connectivity index (χ1) is 16.1.